The number of hydrogen-bond donors (Lipinski definition) is 0. The molecule has 0 bridgehead atoms. The van der Waals surface area contributed by atoms with E-state index in [9.17, 15) is 9.36 Å². The summed E-state index contributed by atoms with van der Waals surface area (Å²) in [5, 5.41) is -1.53. The normalized spacial score (nSPS) is 24.2. The predicted octanol–water partition coefficient (Wildman–Crippen LogP) is 1.54. The lowest BCUT2D eigenvalue weighted by atomic mass is 10.5. The summed E-state index contributed by atoms with van der Waals surface area (Å²) in [6.07, 6.45) is 0. The van der Waals surface area contributed by atoms with Gasteiger partial charge in [0.05, 0.1) is 19.8 Å². The zero-order valence-corrected chi connectivity index (χ0v) is 10.6. The van der Waals surface area contributed by atoms with E-state index in [2.05, 4.69) is 0 Å². The van der Waals surface area contributed by atoms with Crippen LogP contribution in [-0.4, -0.2) is 37.7 Å². The van der Waals surface area contributed by atoms with Gasteiger partial charge in [0.1, 0.15) is 6.61 Å². The van der Waals surface area contributed by atoms with Gasteiger partial charge in [-0.1, -0.05) is 0 Å². The van der Waals surface area contributed by atoms with Gasteiger partial charge in [-0.15, -0.1) is 0 Å². The van der Waals surface area contributed by atoms with Crippen LogP contribution >= 0.6 is 7.60 Å². The number of rotatable bonds is 7. The predicted molar refractivity (Wildman–Crippen MR) is 56.2 cm³/mol. The highest BCUT2D eigenvalue weighted by molar-refractivity contribution is 7.57. The molecule has 1 rings (SSSR count). The van der Waals surface area contributed by atoms with Gasteiger partial charge in [0.2, 0.25) is 0 Å². The quantitative estimate of drug-likeness (QED) is 0.388. The van der Waals surface area contributed by atoms with Gasteiger partial charge < -0.3 is 18.5 Å². The van der Waals surface area contributed by atoms with Crippen LogP contribution in [-0.2, 0) is 27.9 Å². The molecular formula is C9H17O6P. The fraction of sp³-hybridized carbons (Fsp3) is 0.889. The van der Waals surface area contributed by atoms with Crippen molar-refractivity contribution in [3.8, 4) is 0 Å². The maximum absolute atomic E-state index is 12.3. The van der Waals surface area contributed by atoms with Crippen molar-refractivity contribution in [2.24, 2.45) is 0 Å². The van der Waals surface area contributed by atoms with Crippen molar-refractivity contribution in [3.05, 3.63) is 0 Å². The molecule has 1 fully saturated rings. The lowest BCUT2D eigenvalue weighted by Crippen LogP contribution is -2.29. The fourth-order valence-corrected chi connectivity index (χ4v) is 3.13. The van der Waals surface area contributed by atoms with Crippen LogP contribution in [0.15, 0.2) is 0 Å². The first kappa shape index (κ1) is 13.6. The molecule has 0 N–H and O–H groups in total. The summed E-state index contributed by atoms with van der Waals surface area (Å²) in [4.78, 5) is 11.6. The standard InChI is InChI=1S/C9H17O6P/c1-4-12-8(10)9(7-13-9)16(11,14-5-2)15-6-3/h4-7H2,1-3H3. The number of carbonyl (C=O) groups excluding carboxylic acids is 1. The number of esters is 1. The Morgan fingerprint density at radius 2 is 1.75 bits per heavy atom. The summed E-state index contributed by atoms with van der Waals surface area (Å²) in [7, 11) is -3.59. The van der Waals surface area contributed by atoms with Crippen molar-refractivity contribution in [1.29, 1.82) is 0 Å². The first-order valence-electron chi connectivity index (χ1n) is 5.26. The van der Waals surface area contributed by atoms with Gasteiger partial charge in [0.15, 0.2) is 0 Å². The molecule has 0 aromatic rings. The topological polar surface area (TPSA) is 74.4 Å². The molecule has 1 heterocycles. The SMILES string of the molecule is CCOC(=O)C1(P(=O)(OCC)OCC)CO1. The van der Waals surface area contributed by atoms with Crippen molar-refractivity contribution in [1.82, 2.24) is 0 Å². The molecule has 0 aromatic carbocycles. The first-order chi connectivity index (χ1) is 7.56. The lowest BCUT2D eigenvalue weighted by Gasteiger charge is -2.21. The second-order valence-electron chi connectivity index (χ2n) is 3.13. The van der Waals surface area contributed by atoms with E-state index in [1.165, 1.54) is 0 Å². The van der Waals surface area contributed by atoms with E-state index >= 15 is 0 Å². The molecule has 1 aliphatic heterocycles. The average molecular weight is 252 g/mol. The molecule has 0 aliphatic carbocycles. The van der Waals surface area contributed by atoms with E-state index in [0.717, 1.165) is 0 Å². The third-order valence-corrected chi connectivity index (χ3v) is 4.57. The third-order valence-electron chi connectivity index (χ3n) is 2.05. The van der Waals surface area contributed by atoms with Crippen LogP contribution in [0.4, 0.5) is 0 Å². The summed E-state index contributed by atoms with van der Waals surface area (Å²) in [6.45, 7) is 5.59. The minimum atomic E-state index is -3.59. The van der Waals surface area contributed by atoms with E-state index in [-0.39, 0.29) is 26.4 Å². The van der Waals surface area contributed by atoms with Crippen LogP contribution in [0.1, 0.15) is 20.8 Å². The van der Waals surface area contributed by atoms with Crippen molar-refractivity contribution < 1.29 is 27.9 Å². The van der Waals surface area contributed by atoms with Crippen LogP contribution in [0.25, 0.3) is 0 Å². The molecule has 0 aromatic heterocycles. The molecule has 7 heteroatoms. The van der Waals surface area contributed by atoms with Crippen LogP contribution in [0.5, 0.6) is 0 Å². The molecule has 1 saturated heterocycles. The van der Waals surface area contributed by atoms with E-state index in [1.54, 1.807) is 20.8 Å². The van der Waals surface area contributed by atoms with Gasteiger partial charge in [-0.25, -0.2) is 4.79 Å². The molecule has 0 spiro atoms. The minimum Gasteiger partial charge on any atom is -0.463 e. The highest BCUT2D eigenvalue weighted by atomic mass is 31.2. The second-order valence-corrected chi connectivity index (χ2v) is 5.36. The molecule has 0 radical (unpaired) electrons. The molecular weight excluding hydrogens is 235 g/mol. The molecule has 0 amide bonds. The Morgan fingerprint density at radius 3 is 2.06 bits per heavy atom. The third kappa shape index (κ3) is 2.30. The van der Waals surface area contributed by atoms with Gasteiger partial charge >= 0.3 is 13.6 Å². The van der Waals surface area contributed by atoms with Crippen molar-refractivity contribution in [2.75, 3.05) is 26.4 Å². The Morgan fingerprint density at radius 1 is 1.25 bits per heavy atom. The summed E-state index contributed by atoms with van der Waals surface area (Å²) in [5.41, 5.74) is 0. The molecule has 1 atom stereocenters. The highest BCUT2D eigenvalue weighted by Crippen LogP contribution is 2.67. The zero-order chi connectivity index (χ0) is 12.2. The Balaban J connectivity index is 2.85. The number of hydrogen-bond acceptors (Lipinski definition) is 6. The van der Waals surface area contributed by atoms with Crippen LogP contribution < -0.4 is 0 Å². The van der Waals surface area contributed by atoms with E-state index < -0.39 is 18.9 Å². The number of epoxide rings is 1. The van der Waals surface area contributed by atoms with E-state index in [1.807, 2.05) is 0 Å². The summed E-state index contributed by atoms with van der Waals surface area (Å²) >= 11 is 0. The summed E-state index contributed by atoms with van der Waals surface area (Å²) in [6, 6.07) is 0. The smallest absolute Gasteiger partial charge is 0.376 e. The van der Waals surface area contributed by atoms with Crippen molar-refractivity contribution >= 4 is 13.6 Å². The summed E-state index contributed by atoms with van der Waals surface area (Å²) < 4.78 is 32.3. The fourth-order valence-electron chi connectivity index (χ4n) is 1.29. The number of ether oxygens (including phenoxy) is 2. The molecule has 16 heavy (non-hydrogen) atoms. The summed E-state index contributed by atoms with van der Waals surface area (Å²) in [5.74, 6) is -0.680. The maximum Gasteiger partial charge on any atom is 0.376 e. The van der Waals surface area contributed by atoms with Crippen molar-refractivity contribution in [3.63, 3.8) is 0 Å². The molecule has 0 saturated carbocycles. The van der Waals surface area contributed by atoms with Gasteiger partial charge in [0, 0.05) is 0 Å². The Kier molecular flexibility index (Phi) is 4.50. The van der Waals surface area contributed by atoms with Crippen LogP contribution in [0.3, 0.4) is 0 Å². The van der Waals surface area contributed by atoms with Gasteiger partial charge in [0.25, 0.3) is 5.34 Å². The zero-order valence-electron chi connectivity index (χ0n) is 9.73. The van der Waals surface area contributed by atoms with E-state index in [4.69, 9.17) is 18.5 Å². The van der Waals surface area contributed by atoms with Gasteiger partial charge in [-0.3, -0.25) is 4.57 Å². The minimum absolute atomic E-state index is 0.0170. The maximum atomic E-state index is 12.3. The highest BCUT2D eigenvalue weighted by Gasteiger charge is 2.70. The average Bonchev–Trinajstić information content (AvgIpc) is 2.99. The Hall–Kier alpha value is -0.420. The Labute approximate surface area is 94.7 Å². The van der Waals surface area contributed by atoms with Crippen molar-refractivity contribution in [2.45, 2.75) is 26.1 Å². The molecule has 6 nitrogen and oxygen atoms in total. The second kappa shape index (κ2) is 5.27. The van der Waals surface area contributed by atoms with Crippen LogP contribution in [0, 0.1) is 0 Å². The molecule has 1 aliphatic rings. The van der Waals surface area contributed by atoms with Crippen LogP contribution in [0.2, 0.25) is 0 Å². The molecule has 94 valence electrons. The largest absolute Gasteiger partial charge is 0.463 e. The van der Waals surface area contributed by atoms with Gasteiger partial charge in [-0.2, -0.15) is 0 Å². The monoisotopic (exact) mass is 252 g/mol. The first-order valence-corrected chi connectivity index (χ1v) is 6.81. The van der Waals surface area contributed by atoms with Gasteiger partial charge in [-0.05, 0) is 20.8 Å². The number of carbonyl (C=O) groups is 1. The Bertz CT molecular complexity index is 288. The molecule has 1 unspecified atom stereocenters. The van der Waals surface area contributed by atoms with E-state index in [0.29, 0.717) is 0 Å². The lowest BCUT2D eigenvalue weighted by molar-refractivity contribution is -0.146.